The number of hydrogen-bond acceptors (Lipinski definition) is 5. The number of rotatable bonds is 4. The molecule has 0 radical (unpaired) electrons. The Labute approximate surface area is 174 Å². The van der Waals surface area contributed by atoms with Gasteiger partial charge in [0.05, 0.1) is 25.0 Å². The topological polar surface area (TPSA) is 84.4 Å². The molecule has 2 aromatic rings. The van der Waals surface area contributed by atoms with E-state index < -0.39 is 59.3 Å². The Morgan fingerprint density at radius 2 is 1.97 bits per heavy atom. The normalized spacial score (nSPS) is 26.3. The Morgan fingerprint density at radius 3 is 2.48 bits per heavy atom. The van der Waals surface area contributed by atoms with Gasteiger partial charge in [-0.1, -0.05) is 13.0 Å². The fourth-order valence-corrected chi connectivity index (χ4v) is 4.00. The molecule has 170 valence electrons. The lowest BCUT2D eigenvalue weighted by Crippen LogP contribution is -2.46. The van der Waals surface area contributed by atoms with E-state index in [-0.39, 0.29) is 22.6 Å². The van der Waals surface area contributed by atoms with E-state index in [4.69, 9.17) is 9.47 Å². The van der Waals surface area contributed by atoms with Gasteiger partial charge in [-0.25, -0.2) is 9.37 Å². The van der Waals surface area contributed by atoms with E-state index in [2.05, 4.69) is 9.97 Å². The number of hydrogen-bond donors (Lipinski definition) is 2. The fourth-order valence-electron chi connectivity index (χ4n) is 4.00. The lowest BCUT2D eigenvalue weighted by Gasteiger charge is -2.32. The standard InChI is InChI=1S/C20H21F5N2O4/c1-8-13(10-5-6-12(21)14(22)15(10)30-4)16(31-19(8,3)20(23,24)25)17-26-9(2)11(7-28)18(29)27-17/h5-6,8,13,16,28H,7H2,1-4H3,(H,26,27,29)/t8-,13-,16+,19+/m0/s1. The zero-order chi connectivity index (χ0) is 23.3. The molecule has 3 rings (SSSR count). The van der Waals surface area contributed by atoms with Crippen molar-refractivity contribution in [1.29, 1.82) is 0 Å². The SMILES string of the molecule is COc1c([C@H]2[C@H](c3nc(C)c(CO)c(=O)[nH]3)O[C@@](C)(C(F)(F)F)[C@H]2C)ccc(F)c1F. The van der Waals surface area contributed by atoms with Crippen LogP contribution in [0.25, 0.3) is 0 Å². The molecule has 4 atom stereocenters. The molecular formula is C20H21F5N2O4. The van der Waals surface area contributed by atoms with Gasteiger partial charge in [0.25, 0.3) is 5.56 Å². The number of H-pyrrole nitrogens is 1. The van der Waals surface area contributed by atoms with Gasteiger partial charge in [0.2, 0.25) is 5.82 Å². The second-order valence-corrected chi connectivity index (χ2v) is 7.61. The van der Waals surface area contributed by atoms with Gasteiger partial charge >= 0.3 is 6.18 Å². The number of alkyl halides is 3. The maximum atomic E-state index is 14.4. The second kappa shape index (κ2) is 7.86. The molecule has 1 saturated heterocycles. The fraction of sp³-hybridized carbons (Fsp3) is 0.500. The third-order valence-corrected chi connectivity index (χ3v) is 5.98. The Morgan fingerprint density at radius 1 is 1.32 bits per heavy atom. The summed E-state index contributed by atoms with van der Waals surface area (Å²) in [4.78, 5) is 18.8. The van der Waals surface area contributed by atoms with Crippen molar-refractivity contribution in [2.45, 2.75) is 51.2 Å². The van der Waals surface area contributed by atoms with Gasteiger partial charge in [-0.05, 0) is 19.9 Å². The van der Waals surface area contributed by atoms with Gasteiger partial charge in [-0.3, -0.25) is 4.79 Å². The van der Waals surface area contributed by atoms with Crippen LogP contribution in [0.3, 0.4) is 0 Å². The highest BCUT2D eigenvalue weighted by atomic mass is 19.4. The molecule has 0 bridgehead atoms. The van der Waals surface area contributed by atoms with Gasteiger partial charge in [-0.15, -0.1) is 0 Å². The number of nitrogens with one attached hydrogen (secondary N) is 1. The predicted molar refractivity (Wildman–Crippen MR) is 98.6 cm³/mol. The summed E-state index contributed by atoms with van der Waals surface area (Å²) in [5.74, 6) is -5.84. The summed E-state index contributed by atoms with van der Waals surface area (Å²) in [6.07, 6.45) is -6.27. The molecule has 2 heterocycles. The number of methoxy groups -OCH3 is 1. The molecule has 0 saturated carbocycles. The van der Waals surface area contributed by atoms with Crippen LogP contribution in [0.4, 0.5) is 22.0 Å². The molecule has 0 amide bonds. The highest BCUT2D eigenvalue weighted by Crippen LogP contribution is 2.59. The molecule has 0 spiro atoms. The summed E-state index contributed by atoms with van der Waals surface area (Å²) in [6, 6.07) is 1.92. The van der Waals surface area contributed by atoms with Crippen LogP contribution < -0.4 is 10.3 Å². The lowest BCUT2D eigenvalue weighted by atomic mass is 9.77. The molecular weight excluding hydrogens is 427 g/mol. The van der Waals surface area contributed by atoms with Crippen molar-refractivity contribution in [2.24, 2.45) is 5.92 Å². The van der Waals surface area contributed by atoms with E-state index in [0.717, 1.165) is 26.2 Å². The highest BCUT2D eigenvalue weighted by molar-refractivity contribution is 5.41. The summed E-state index contributed by atoms with van der Waals surface area (Å²) >= 11 is 0. The van der Waals surface area contributed by atoms with Crippen molar-refractivity contribution in [1.82, 2.24) is 9.97 Å². The Hall–Kier alpha value is -2.53. The molecule has 11 heteroatoms. The monoisotopic (exact) mass is 448 g/mol. The lowest BCUT2D eigenvalue weighted by molar-refractivity contribution is -0.275. The first kappa shape index (κ1) is 23.1. The zero-order valence-electron chi connectivity index (χ0n) is 17.1. The molecule has 0 aliphatic carbocycles. The smallest absolute Gasteiger partial charge is 0.417 e. The van der Waals surface area contributed by atoms with Crippen LogP contribution in [0.5, 0.6) is 5.75 Å². The number of aliphatic hydroxyl groups excluding tert-OH is 1. The molecule has 1 fully saturated rings. The van der Waals surface area contributed by atoms with E-state index in [1.807, 2.05) is 0 Å². The molecule has 1 aromatic carbocycles. The molecule has 1 aliphatic heterocycles. The summed E-state index contributed by atoms with van der Waals surface area (Å²) in [5.41, 5.74) is -3.42. The van der Waals surface area contributed by atoms with Crippen molar-refractivity contribution < 1.29 is 36.5 Å². The number of benzene rings is 1. The molecule has 0 unspecified atom stereocenters. The van der Waals surface area contributed by atoms with Crippen molar-refractivity contribution in [3.63, 3.8) is 0 Å². The summed E-state index contributed by atoms with van der Waals surface area (Å²) in [7, 11) is 1.07. The van der Waals surface area contributed by atoms with Crippen LogP contribution >= 0.6 is 0 Å². The van der Waals surface area contributed by atoms with Gasteiger partial charge in [0.15, 0.2) is 17.2 Å². The molecule has 2 N–H and O–H groups in total. The quantitative estimate of drug-likeness (QED) is 0.698. The molecule has 31 heavy (non-hydrogen) atoms. The van der Waals surface area contributed by atoms with Crippen LogP contribution in [-0.2, 0) is 11.3 Å². The van der Waals surface area contributed by atoms with Crippen LogP contribution in [0.15, 0.2) is 16.9 Å². The first-order valence-electron chi connectivity index (χ1n) is 9.34. The number of nitrogens with zero attached hydrogens (tertiary/aromatic N) is 1. The van der Waals surface area contributed by atoms with Crippen molar-refractivity contribution in [3.8, 4) is 5.75 Å². The van der Waals surface area contributed by atoms with E-state index in [9.17, 15) is 31.9 Å². The van der Waals surface area contributed by atoms with Gasteiger partial charge in [0, 0.05) is 17.4 Å². The number of aryl methyl sites for hydroxylation is 1. The minimum Gasteiger partial charge on any atom is -0.493 e. The zero-order valence-corrected chi connectivity index (χ0v) is 17.1. The summed E-state index contributed by atoms with van der Waals surface area (Å²) < 4.78 is 80.4. The first-order chi connectivity index (χ1) is 14.4. The molecule has 1 aliphatic rings. The van der Waals surface area contributed by atoms with Gasteiger partial charge in [0.1, 0.15) is 11.9 Å². The summed E-state index contributed by atoms with van der Waals surface area (Å²) in [6.45, 7) is 2.92. The molecule has 6 nitrogen and oxygen atoms in total. The number of aromatic nitrogens is 2. The Balaban J connectivity index is 2.26. The number of halogens is 5. The van der Waals surface area contributed by atoms with E-state index in [0.29, 0.717) is 0 Å². The van der Waals surface area contributed by atoms with E-state index in [1.54, 1.807) is 0 Å². The third kappa shape index (κ3) is 3.59. The average molecular weight is 448 g/mol. The van der Waals surface area contributed by atoms with Crippen LogP contribution in [0, 0.1) is 24.5 Å². The van der Waals surface area contributed by atoms with E-state index >= 15 is 0 Å². The number of aromatic amines is 1. The Bertz CT molecular complexity index is 1060. The third-order valence-electron chi connectivity index (χ3n) is 5.98. The Kier molecular flexibility index (Phi) is 5.87. The van der Waals surface area contributed by atoms with Crippen LogP contribution in [0.2, 0.25) is 0 Å². The molecule has 1 aromatic heterocycles. The predicted octanol–water partition coefficient (Wildman–Crippen LogP) is 3.67. The average Bonchev–Trinajstić information content (AvgIpc) is 2.96. The maximum Gasteiger partial charge on any atom is 0.417 e. The number of ether oxygens (including phenoxy) is 2. The van der Waals surface area contributed by atoms with Crippen molar-refractivity contribution in [3.05, 3.63) is 56.8 Å². The minimum atomic E-state index is -4.81. The van der Waals surface area contributed by atoms with Crippen LogP contribution in [0.1, 0.15) is 48.5 Å². The number of aliphatic hydroxyl groups is 1. The maximum absolute atomic E-state index is 14.4. The van der Waals surface area contributed by atoms with Gasteiger partial charge < -0.3 is 19.6 Å². The van der Waals surface area contributed by atoms with Crippen molar-refractivity contribution in [2.75, 3.05) is 7.11 Å². The minimum absolute atomic E-state index is 0.0460. The van der Waals surface area contributed by atoms with Gasteiger partial charge in [-0.2, -0.15) is 17.6 Å². The largest absolute Gasteiger partial charge is 0.493 e. The summed E-state index contributed by atoms with van der Waals surface area (Å²) in [5, 5.41) is 9.31. The van der Waals surface area contributed by atoms with Crippen molar-refractivity contribution >= 4 is 0 Å². The second-order valence-electron chi connectivity index (χ2n) is 7.61. The van der Waals surface area contributed by atoms with E-state index in [1.165, 1.54) is 13.8 Å². The first-order valence-corrected chi connectivity index (χ1v) is 9.34. The highest BCUT2D eigenvalue weighted by Gasteiger charge is 2.65. The van der Waals surface area contributed by atoms with Crippen LogP contribution in [-0.4, -0.2) is 34.0 Å².